The Balaban J connectivity index is 1.79. The minimum absolute atomic E-state index is 0.0107. The number of hydrogen-bond acceptors (Lipinski definition) is 5. The van der Waals surface area contributed by atoms with Gasteiger partial charge in [-0.1, -0.05) is 0 Å². The van der Waals surface area contributed by atoms with Crippen LogP contribution in [0.5, 0.6) is 0 Å². The van der Waals surface area contributed by atoms with Gasteiger partial charge >= 0.3 is 5.69 Å². The third-order valence-electron chi connectivity index (χ3n) is 3.31. The Hall–Kier alpha value is -1.47. The summed E-state index contributed by atoms with van der Waals surface area (Å²) in [4.78, 5) is 17.1. The zero-order valence-corrected chi connectivity index (χ0v) is 13.0. The summed E-state index contributed by atoms with van der Waals surface area (Å²) >= 11 is 5.11. The highest BCUT2D eigenvalue weighted by Crippen LogP contribution is 2.34. The largest absolute Gasteiger partial charge is 0.374 e. The number of hydrogen-bond donors (Lipinski definition) is 1. The smallest absolute Gasteiger partial charge is 0.311 e. The first kappa shape index (κ1) is 13.5. The van der Waals surface area contributed by atoms with E-state index in [1.54, 1.807) is 17.5 Å². The molecule has 1 aliphatic rings. The normalized spacial score (nSPS) is 13.2. The number of nitro groups is 1. The molecule has 2 heterocycles. The molecule has 0 radical (unpaired) electrons. The van der Waals surface area contributed by atoms with Crippen molar-refractivity contribution in [3.63, 3.8) is 0 Å². The van der Waals surface area contributed by atoms with Crippen LogP contribution in [0.2, 0.25) is 0 Å². The lowest BCUT2D eigenvalue weighted by molar-refractivity contribution is -0.384. The van der Waals surface area contributed by atoms with Crippen LogP contribution in [-0.4, -0.2) is 9.91 Å². The number of fused-ring (bicyclic) bond motifs is 1. The molecule has 1 N–H and O–H groups in total. The first-order valence-corrected chi connectivity index (χ1v) is 7.88. The van der Waals surface area contributed by atoms with E-state index < -0.39 is 4.92 Å². The number of nitrogens with one attached hydrogen (secondary N) is 1. The Bertz CT molecular complexity index is 650. The summed E-state index contributed by atoms with van der Waals surface area (Å²) in [6.45, 7) is 0.598. The number of aryl methyl sites for hydroxylation is 2. The average molecular weight is 354 g/mol. The molecule has 0 saturated carbocycles. The topological polar surface area (TPSA) is 68.1 Å². The number of nitrogens with zero attached hydrogens (tertiary/aromatic N) is 2. The summed E-state index contributed by atoms with van der Waals surface area (Å²) in [6.07, 6.45) is 6.39. The van der Waals surface area contributed by atoms with Crippen molar-refractivity contribution in [1.29, 1.82) is 0 Å². The predicted octanol–water partition coefficient (Wildman–Crippen LogP) is 3.91. The van der Waals surface area contributed by atoms with Gasteiger partial charge in [-0.05, 0) is 46.8 Å². The average Bonchev–Trinajstić information content (AvgIpc) is 2.97. The van der Waals surface area contributed by atoms with Crippen molar-refractivity contribution < 1.29 is 4.92 Å². The second-order valence-corrected chi connectivity index (χ2v) is 6.72. The molecule has 0 unspecified atom stereocenters. The van der Waals surface area contributed by atoms with E-state index in [0.717, 1.165) is 6.42 Å². The molecule has 20 heavy (non-hydrogen) atoms. The van der Waals surface area contributed by atoms with Crippen molar-refractivity contribution in [2.24, 2.45) is 0 Å². The van der Waals surface area contributed by atoms with E-state index in [-0.39, 0.29) is 5.69 Å². The van der Waals surface area contributed by atoms with E-state index in [4.69, 9.17) is 0 Å². The van der Waals surface area contributed by atoms with Gasteiger partial charge in [0, 0.05) is 22.5 Å². The second kappa shape index (κ2) is 5.49. The van der Waals surface area contributed by atoms with Gasteiger partial charge in [0.05, 0.1) is 9.40 Å². The third kappa shape index (κ3) is 2.55. The van der Waals surface area contributed by atoms with Crippen molar-refractivity contribution in [2.75, 3.05) is 5.32 Å². The Morgan fingerprint density at radius 3 is 3.05 bits per heavy atom. The van der Waals surface area contributed by atoms with Gasteiger partial charge in [0.15, 0.2) is 0 Å². The van der Waals surface area contributed by atoms with Crippen molar-refractivity contribution >= 4 is 38.6 Å². The lowest BCUT2D eigenvalue weighted by atomic mass is 10.2. The number of rotatable bonds is 4. The molecule has 1 aliphatic carbocycles. The van der Waals surface area contributed by atoms with Crippen molar-refractivity contribution in [3.8, 4) is 0 Å². The Morgan fingerprint density at radius 1 is 1.45 bits per heavy atom. The molecule has 0 amide bonds. The summed E-state index contributed by atoms with van der Waals surface area (Å²) in [7, 11) is 0. The van der Waals surface area contributed by atoms with Crippen molar-refractivity contribution in [3.05, 3.63) is 48.4 Å². The van der Waals surface area contributed by atoms with Crippen LogP contribution in [0.25, 0.3) is 0 Å². The van der Waals surface area contributed by atoms with Gasteiger partial charge in [-0.2, -0.15) is 0 Å². The van der Waals surface area contributed by atoms with Gasteiger partial charge < -0.3 is 5.32 Å². The molecule has 0 aromatic carbocycles. The van der Waals surface area contributed by atoms with E-state index >= 15 is 0 Å². The van der Waals surface area contributed by atoms with E-state index in [1.807, 2.05) is 0 Å². The fraction of sp³-hybridized carbons (Fsp3) is 0.308. The molecule has 5 nitrogen and oxygen atoms in total. The molecule has 2 aromatic heterocycles. The standard InChI is InChI=1S/C13H12BrN3O2S/c14-10-6-15-7-11(17(18)19)13(10)16-5-9-4-8-2-1-3-12(8)20-9/h4,6-7H,1-3,5H2,(H,15,16). The van der Waals surface area contributed by atoms with Gasteiger partial charge in [-0.25, -0.2) is 0 Å². The SMILES string of the molecule is O=[N+]([O-])c1cncc(Br)c1NCc1cc2c(s1)CCC2. The highest BCUT2D eigenvalue weighted by Gasteiger charge is 2.18. The quantitative estimate of drug-likeness (QED) is 0.668. The van der Waals surface area contributed by atoms with E-state index in [1.165, 1.54) is 34.4 Å². The van der Waals surface area contributed by atoms with Crippen LogP contribution < -0.4 is 5.32 Å². The Kier molecular flexibility index (Phi) is 3.71. The molecule has 7 heteroatoms. The van der Waals surface area contributed by atoms with Crippen LogP contribution in [-0.2, 0) is 19.4 Å². The first-order valence-electron chi connectivity index (χ1n) is 6.27. The van der Waals surface area contributed by atoms with Crippen molar-refractivity contribution in [2.45, 2.75) is 25.8 Å². The first-order chi connectivity index (χ1) is 9.65. The van der Waals surface area contributed by atoms with Crippen LogP contribution in [0.3, 0.4) is 0 Å². The van der Waals surface area contributed by atoms with E-state index in [0.29, 0.717) is 16.7 Å². The zero-order valence-electron chi connectivity index (χ0n) is 10.6. The maximum atomic E-state index is 11.0. The summed E-state index contributed by atoms with van der Waals surface area (Å²) in [5.74, 6) is 0. The maximum Gasteiger partial charge on any atom is 0.311 e. The van der Waals surface area contributed by atoms with Crippen LogP contribution in [0.1, 0.15) is 21.7 Å². The Labute approximate surface area is 128 Å². The molecule has 104 valence electrons. The fourth-order valence-corrected chi connectivity index (χ4v) is 4.05. The van der Waals surface area contributed by atoms with Gasteiger partial charge in [0.25, 0.3) is 0 Å². The minimum Gasteiger partial charge on any atom is -0.374 e. The molecule has 0 aliphatic heterocycles. The molecule has 0 saturated heterocycles. The highest BCUT2D eigenvalue weighted by atomic mass is 79.9. The third-order valence-corrected chi connectivity index (χ3v) is 5.15. The van der Waals surface area contributed by atoms with Gasteiger partial charge in [0.1, 0.15) is 11.9 Å². The van der Waals surface area contributed by atoms with Gasteiger partial charge in [-0.15, -0.1) is 11.3 Å². The minimum atomic E-state index is -0.422. The molecule has 2 aromatic rings. The monoisotopic (exact) mass is 353 g/mol. The molecule has 0 fully saturated rings. The number of pyridine rings is 1. The number of thiophene rings is 1. The number of anilines is 1. The molecule has 0 bridgehead atoms. The van der Waals surface area contributed by atoms with Crippen LogP contribution in [0.15, 0.2) is 22.9 Å². The van der Waals surface area contributed by atoms with Gasteiger partial charge in [-0.3, -0.25) is 15.1 Å². The molecule has 0 spiro atoms. The van der Waals surface area contributed by atoms with E-state index in [2.05, 4.69) is 32.3 Å². The van der Waals surface area contributed by atoms with Crippen LogP contribution >= 0.6 is 27.3 Å². The van der Waals surface area contributed by atoms with Crippen molar-refractivity contribution in [1.82, 2.24) is 4.98 Å². The van der Waals surface area contributed by atoms with E-state index in [9.17, 15) is 10.1 Å². The second-order valence-electron chi connectivity index (χ2n) is 4.64. The van der Waals surface area contributed by atoms with Crippen LogP contribution in [0.4, 0.5) is 11.4 Å². The summed E-state index contributed by atoms with van der Waals surface area (Å²) < 4.78 is 0.607. The van der Waals surface area contributed by atoms with Gasteiger partial charge in [0.2, 0.25) is 0 Å². The van der Waals surface area contributed by atoms with Crippen LogP contribution in [0, 0.1) is 10.1 Å². The molecule has 3 rings (SSSR count). The molecule has 0 atom stereocenters. The number of halogens is 1. The lowest BCUT2D eigenvalue weighted by Gasteiger charge is -2.07. The summed E-state index contributed by atoms with van der Waals surface area (Å²) in [5.41, 5.74) is 1.91. The predicted molar refractivity (Wildman–Crippen MR) is 82.3 cm³/mol. The fourth-order valence-electron chi connectivity index (χ4n) is 2.39. The molecular weight excluding hydrogens is 342 g/mol. The maximum absolute atomic E-state index is 11.0. The highest BCUT2D eigenvalue weighted by molar-refractivity contribution is 9.10. The summed E-state index contributed by atoms with van der Waals surface area (Å²) in [5, 5.41) is 14.2. The number of aromatic nitrogens is 1. The lowest BCUT2D eigenvalue weighted by Crippen LogP contribution is -2.03. The zero-order chi connectivity index (χ0) is 14.1. The summed E-state index contributed by atoms with van der Waals surface area (Å²) in [6, 6.07) is 2.21. The Morgan fingerprint density at radius 2 is 2.30 bits per heavy atom. The molecular formula is C13H12BrN3O2S.